The third kappa shape index (κ3) is 1.80. The fraction of sp³-hybridized carbons (Fsp3) is 0.357. The molecule has 3 atom stereocenters. The van der Waals surface area contributed by atoms with E-state index in [0.717, 1.165) is 28.0 Å². The number of aromatic nitrogens is 2. The summed E-state index contributed by atoms with van der Waals surface area (Å²) in [6.45, 7) is 0. The van der Waals surface area contributed by atoms with Crippen molar-refractivity contribution in [3.8, 4) is 11.3 Å². The van der Waals surface area contributed by atoms with Gasteiger partial charge in [0.15, 0.2) is 0 Å². The van der Waals surface area contributed by atoms with Gasteiger partial charge in [0, 0.05) is 10.5 Å². The van der Waals surface area contributed by atoms with Gasteiger partial charge < -0.3 is 10.3 Å². The third-order valence-electron chi connectivity index (χ3n) is 3.96. The number of halogens is 1. The quantitative estimate of drug-likeness (QED) is 0.894. The van der Waals surface area contributed by atoms with Gasteiger partial charge in [-0.3, -0.25) is 0 Å². The van der Waals surface area contributed by atoms with Gasteiger partial charge in [-0.15, -0.1) is 0 Å². The second kappa shape index (κ2) is 3.93. The normalized spacial score (nSPS) is 29.3. The Morgan fingerprint density at radius 3 is 2.72 bits per heavy atom. The SMILES string of the molecule is Brc1ccc(-c2cnc([C@@H]3C[C@H]4C[C@H]4N3)[nH]2)cc1. The molecule has 1 saturated heterocycles. The number of H-pyrrole nitrogens is 1. The van der Waals surface area contributed by atoms with Crippen LogP contribution in [0.4, 0.5) is 0 Å². The van der Waals surface area contributed by atoms with E-state index in [1.54, 1.807) is 0 Å². The summed E-state index contributed by atoms with van der Waals surface area (Å²) >= 11 is 3.45. The summed E-state index contributed by atoms with van der Waals surface area (Å²) in [5.74, 6) is 1.98. The van der Waals surface area contributed by atoms with E-state index in [1.807, 2.05) is 6.20 Å². The van der Waals surface area contributed by atoms with E-state index in [1.165, 1.54) is 18.4 Å². The van der Waals surface area contributed by atoms with Crippen molar-refractivity contribution >= 4 is 15.9 Å². The van der Waals surface area contributed by atoms with Crippen LogP contribution in [-0.4, -0.2) is 16.0 Å². The molecule has 1 aliphatic carbocycles. The lowest BCUT2D eigenvalue weighted by molar-refractivity contribution is 0.543. The van der Waals surface area contributed by atoms with Crippen LogP contribution in [0.1, 0.15) is 24.7 Å². The highest BCUT2D eigenvalue weighted by Gasteiger charge is 2.46. The Kier molecular flexibility index (Phi) is 2.35. The van der Waals surface area contributed by atoms with Crippen LogP contribution in [0.25, 0.3) is 11.3 Å². The molecule has 0 unspecified atom stereocenters. The van der Waals surface area contributed by atoms with E-state index >= 15 is 0 Å². The van der Waals surface area contributed by atoms with E-state index in [2.05, 4.69) is 55.5 Å². The number of nitrogens with one attached hydrogen (secondary N) is 2. The number of fused-ring (bicyclic) bond motifs is 1. The molecule has 2 N–H and O–H groups in total. The number of benzene rings is 1. The molecule has 2 heterocycles. The van der Waals surface area contributed by atoms with Gasteiger partial charge in [0.25, 0.3) is 0 Å². The smallest absolute Gasteiger partial charge is 0.123 e. The van der Waals surface area contributed by atoms with Gasteiger partial charge in [0.2, 0.25) is 0 Å². The molecule has 1 aromatic heterocycles. The molecule has 4 heteroatoms. The lowest BCUT2D eigenvalue weighted by Crippen LogP contribution is -2.18. The second-order valence-corrected chi connectivity index (χ2v) is 6.16. The zero-order valence-electron chi connectivity index (χ0n) is 9.86. The second-order valence-electron chi connectivity index (χ2n) is 5.25. The highest BCUT2D eigenvalue weighted by atomic mass is 79.9. The van der Waals surface area contributed by atoms with E-state index < -0.39 is 0 Å². The molecular weight excluding hydrogens is 290 g/mol. The van der Waals surface area contributed by atoms with E-state index in [-0.39, 0.29) is 0 Å². The molecule has 1 aliphatic heterocycles. The van der Waals surface area contributed by atoms with Crippen LogP contribution in [0.5, 0.6) is 0 Å². The minimum absolute atomic E-state index is 0.429. The van der Waals surface area contributed by atoms with Crippen LogP contribution in [0.15, 0.2) is 34.9 Å². The number of aromatic amines is 1. The number of rotatable bonds is 2. The molecule has 0 bridgehead atoms. The topological polar surface area (TPSA) is 40.7 Å². The van der Waals surface area contributed by atoms with Crippen LogP contribution in [-0.2, 0) is 0 Å². The van der Waals surface area contributed by atoms with Crippen molar-refractivity contribution in [1.29, 1.82) is 0 Å². The van der Waals surface area contributed by atoms with Crippen LogP contribution < -0.4 is 5.32 Å². The highest BCUT2D eigenvalue weighted by molar-refractivity contribution is 9.10. The summed E-state index contributed by atoms with van der Waals surface area (Å²) in [5.41, 5.74) is 2.28. The zero-order valence-corrected chi connectivity index (χ0v) is 11.4. The maximum absolute atomic E-state index is 4.52. The van der Waals surface area contributed by atoms with E-state index in [0.29, 0.717) is 6.04 Å². The Morgan fingerprint density at radius 1 is 1.17 bits per heavy atom. The number of hydrogen-bond acceptors (Lipinski definition) is 2. The molecule has 4 rings (SSSR count). The zero-order chi connectivity index (χ0) is 12.1. The first-order chi connectivity index (χ1) is 8.79. The van der Waals surface area contributed by atoms with Gasteiger partial charge in [-0.05, 0) is 36.5 Å². The Hall–Kier alpha value is -1.13. The van der Waals surface area contributed by atoms with Crippen molar-refractivity contribution < 1.29 is 0 Å². The van der Waals surface area contributed by atoms with E-state index in [9.17, 15) is 0 Å². The van der Waals surface area contributed by atoms with Gasteiger partial charge in [0.05, 0.1) is 17.9 Å². The molecule has 0 spiro atoms. The minimum atomic E-state index is 0.429. The Bertz CT molecular complexity index is 565. The predicted molar refractivity (Wildman–Crippen MR) is 74.1 cm³/mol. The largest absolute Gasteiger partial charge is 0.341 e. The van der Waals surface area contributed by atoms with Gasteiger partial charge in [0.1, 0.15) is 5.82 Å². The van der Waals surface area contributed by atoms with Crippen molar-refractivity contribution in [2.75, 3.05) is 0 Å². The summed E-state index contributed by atoms with van der Waals surface area (Å²) in [6, 6.07) is 9.49. The summed E-state index contributed by atoms with van der Waals surface area (Å²) in [7, 11) is 0. The maximum atomic E-state index is 4.52. The van der Waals surface area contributed by atoms with E-state index in [4.69, 9.17) is 0 Å². The average molecular weight is 304 g/mol. The molecule has 2 aliphatic rings. The predicted octanol–water partition coefficient (Wildman–Crippen LogP) is 3.26. The Balaban J connectivity index is 1.59. The number of piperidine rings is 1. The summed E-state index contributed by atoms with van der Waals surface area (Å²) in [4.78, 5) is 7.97. The number of hydrogen-bond donors (Lipinski definition) is 2. The Morgan fingerprint density at radius 2 is 2.00 bits per heavy atom. The van der Waals surface area contributed by atoms with Crippen molar-refractivity contribution in [1.82, 2.24) is 15.3 Å². The molecule has 18 heavy (non-hydrogen) atoms. The number of nitrogens with zero attached hydrogens (tertiary/aromatic N) is 1. The molecule has 1 aromatic carbocycles. The molecule has 0 amide bonds. The lowest BCUT2D eigenvalue weighted by atomic mass is 10.1. The van der Waals surface area contributed by atoms with Crippen molar-refractivity contribution in [3.05, 3.63) is 40.8 Å². The third-order valence-corrected chi connectivity index (χ3v) is 4.49. The Labute approximate surface area is 114 Å². The fourth-order valence-electron chi connectivity index (χ4n) is 2.82. The standard InChI is InChI=1S/C14H14BrN3/c15-10-3-1-8(2-4-10)13-7-16-14(18-13)12-6-9-5-11(9)17-12/h1-4,7,9,11-12,17H,5-6H2,(H,16,18)/t9-,11-,12+/m1/s1. The van der Waals surface area contributed by atoms with Crippen LogP contribution in [0, 0.1) is 5.92 Å². The number of imidazole rings is 1. The monoisotopic (exact) mass is 303 g/mol. The summed E-state index contributed by atoms with van der Waals surface area (Å²) in [6.07, 6.45) is 4.53. The first-order valence-electron chi connectivity index (χ1n) is 6.36. The van der Waals surface area contributed by atoms with Crippen molar-refractivity contribution in [2.24, 2.45) is 5.92 Å². The molecule has 2 aromatic rings. The van der Waals surface area contributed by atoms with Crippen molar-refractivity contribution in [3.63, 3.8) is 0 Å². The summed E-state index contributed by atoms with van der Waals surface area (Å²) < 4.78 is 1.10. The molecule has 0 radical (unpaired) electrons. The summed E-state index contributed by atoms with van der Waals surface area (Å²) in [5, 5.41) is 3.62. The lowest BCUT2D eigenvalue weighted by Gasteiger charge is -2.09. The maximum Gasteiger partial charge on any atom is 0.123 e. The molecule has 1 saturated carbocycles. The molecule has 2 fully saturated rings. The van der Waals surface area contributed by atoms with Crippen molar-refractivity contribution in [2.45, 2.75) is 24.9 Å². The minimum Gasteiger partial charge on any atom is -0.341 e. The molecule has 92 valence electrons. The highest BCUT2D eigenvalue weighted by Crippen LogP contribution is 2.45. The van der Waals surface area contributed by atoms with Crippen LogP contribution >= 0.6 is 15.9 Å². The first-order valence-corrected chi connectivity index (χ1v) is 7.16. The fourth-order valence-corrected chi connectivity index (χ4v) is 3.09. The average Bonchev–Trinajstić information content (AvgIpc) is 2.83. The molecular formula is C14H14BrN3. The van der Waals surface area contributed by atoms with Crippen LogP contribution in [0.3, 0.4) is 0 Å². The molecule has 3 nitrogen and oxygen atoms in total. The first kappa shape index (κ1) is 10.8. The van der Waals surface area contributed by atoms with Gasteiger partial charge in [-0.1, -0.05) is 28.1 Å². The van der Waals surface area contributed by atoms with Crippen LogP contribution in [0.2, 0.25) is 0 Å². The van der Waals surface area contributed by atoms with Gasteiger partial charge in [-0.25, -0.2) is 4.98 Å². The van der Waals surface area contributed by atoms with Gasteiger partial charge >= 0.3 is 0 Å². The van der Waals surface area contributed by atoms with Gasteiger partial charge in [-0.2, -0.15) is 0 Å².